The molecule has 3 N–H and O–H groups in total. The summed E-state index contributed by atoms with van der Waals surface area (Å²) in [6, 6.07) is 15.6. The molecule has 1 fully saturated rings. The summed E-state index contributed by atoms with van der Waals surface area (Å²) >= 11 is 0. The summed E-state index contributed by atoms with van der Waals surface area (Å²) in [4.78, 5) is 39.9. The topological polar surface area (TPSA) is 127 Å². The normalized spacial score (nSPS) is 13.8. The van der Waals surface area contributed by atoms with Crippen LogP contribution in [-0.4, -0.2) is 39.9 Å². The molecule has 2 aromatic carbocycles. The number of fused-ring (bicyclic) bond motifs is 1. The number of aromatic amines is 1. The number of nitrogens with one attached hydrogen (secondary N) is 3. The number of rotatable bonds is 5. The van der Waals surface area contributed by atoms with Gasteiger partial charge < -0.3 is 20.5 Å². The van der Waals surface area contributed by atoms with Crippen molar-refractivity contribution in [1.29, 1.82) is 5.26 Å². The highest BCUT2D eigenvalue weighted by atomic mass is 16.2. The zero-order valence-corrected chi connectivity index (χ0v) is 19.8. The van der Waals surface area contributed by atoms with Crippen LogP contribution in [0.4, 0.5) is 17.2 Å². The summed E-state index contributed by atoms with van der Waals surface area (Å²) in [5.41, 5.74) is 3.91. The van der Waals surface area contributed by atoms with Gasteiger partial charge in [0.25, 0.3) is 5.91 Å². The van der Waals surface area contributed by atoms with Gasteiger partial charge in [0.05, 0.1) is 17.0 Å². The van der Waals surface area contributed by atoms with Gasteiger partial charge in [0.15, 0.2) is 0 Å². The molecule has 2 amide bonds. The first-order valence-electron chi connectivity index (χ1n) is 11.8. The third-order valence-electron chi connectivity index (χ3n) is 6.45. The first-order chi connectivity index (χ1) is 17.5. The van der Waals surface area contributed by atoms with E-state index in [1.165, 1.54) is 0 Å². The number of anilines is 3. The molecule has 3 heterocycles. The van der Waals surface area contributed by atoms with E-state index in [0.717, 1.165) is 35.5 Å². The Hall–Kier alpha value is -4.71. The van der Waals surface area contributed by atoms with E-state index in [0.29, 0.717) is 35.3 Å². The number of carbonyl (C=O) groups is 2. The highest BCUT2D eigenvalue weighted by molar-refractivity contribution is 6.05. The van der Waals surface area contributed by atoms with Crippen molar-refractivity contribution in [2.45, 2.75) is 19.8 Å². The molecular weight excluding hydrogens is 454 g/mol. The van der Waals surface area contributed by atoms with Crippen molar-refractivity contribution in [3.63, 3.8) is 0 Å². The Morgan fingerprint density at radius 1 is 1.06 bits per heavy atom. The predicted octanol–water partition coefficient (Wildman–Crippen LogP) is 4.25. The lowest BCUT2D eigenvalue weighted by Gasteiger charge is -2.32. The van der Waals surface area contributed by atoms with Gasteiger partial charge in [-0.25, -0.2) is 9.97 Å². The Kier molecular flexibility index (Phi) is 6.33. The number of piperidine rings is 1. The summed E-state index contributed by atoms with van der Waals surface area (Å²) in [6.07, 6.45) is 4.91. The highest BCUT2D eigenvalue weighted by Crippen LogP contribution is 2.29. The summed E-state index contributed by atoms with van der Waals surface area (Å²) in [6.45, 7) is 3.47. The molecule has 0 aliphatic carbocycles. The van der Waals surface area contributed by atoms with Gasteiger partial charge in [-0.1, -0.05) is 12.1 Å². The molecule has 2 aromatic heterocycles. The lowest BCUT2D eigenvalue weighted by atomic mass is 9.95. The standard InChI is InChI=1S/C27H25N7O2/c1-17-15-29-24-23(17)25(31-16-30-24)34-10-8-19(9-11-34)26(35)33-22-7-3-5-20(13-22)27(36)32-21-6-2-4-18(12-21)14-28/h2-7,12-13,15-16,19H,8-11H2,1H3,(H,32,36)(H,33,35)(H,29,30,31). The molecule has 0 radical (unpaired) electrons. The van der Waals surface area contributed by atoms with Crippen LogP contribution in [0.2, 0.25) is 0 Å². The third kappa shape index (κ3) is 4.74. The summed E-state index contributed by atoms with van der Waals surface area (Å²) in [7, 11) is 0. The average Bonchev–Trinajstić information content (AvgIpc) is 3.30. The van der Waals surface area contributed by atoms with Crippen LogP contribution in [0.1, 0.15) is 34.3 Å². The van der Waals surface area contributed by atoms with Crippen LogP contribution in [0.15, 0.2) is 61.1 Å². The quantitative estimate of drug-likeness (QED) is 0.393. The van der Waals surface area contributed by atoms with Gasteiger partial charge in [0.1, 0.15) is 17.8 Å². The molecule has 1 aliphatic heterocycles. The fourth-order valence-electron chi connectivity index (χ4n) is 4.54. The number of H-pyrrole nitrogens is 1. The van der Waals surface area contributed by atoms with Crippen molar-refractivity contribution in [2.75, 3.05) is 28.6 Å². The molecule has 0 bridgehead atoms. The maximum atomic E-state index is 13.0. The second kappa shape index (κ2) is 9.88. The van der Waals surface area contributed by atoms with Crippen LogP contribution in [-0.2, 0) is 4.79 Å². The van der Waals surface area contributed by atoms with Crippen molar-refractivity contribution in [1.82, 2.24) is 15.0 Å². The summed E-state index contributed by atoms with van der Waals surface area (Å²) in [5, 5.41) is 15.8. The second-order valence-corrected chi connectivity index (χ2v) is 8.87. The average molecular weight is 480 g/mol. The van der Waals surface area contributed by atoms with Crippen LogP contribution in [0.3, 0.4) is 0 Å². The molecule has 1 aliphatic rings. The highest BCUT2D eigenvalue weighted by Gasteiger charge is 2.27. The van der Waals surface area contributed by atoms with Crippen molar-refractivity contribution in [3.05, 3.63) is 77.7 Å². The second-order valence-electron chi connectivity index (χ2n) is 8.87. The summed E-state index contributed by atoms with van der Waals surface area (Å²) < 4.78 is 0. The van der Waals surface area contributed by atoms with Crippen molar-refractivity contribution >= 4 is 40.0 Å². The van der Waals surface area contributed by atoms with E-state index in [2.05, 4.69) is 36.6 Å². The maximum Gasteiger partial charge on any atom is 0.255 e. The minimum absolute atomic E-state index is 0.0559. The number of hydrogen-bond acceptors (Lipinski definition) is 6. The van der Waals surface area contributed by atoms with Gasteiger partial charge in [-0.2, -0.15) is 5.26 Å². The minimum Gasteiger partial charge on any atom is -0.356 e. The van der Waals surface area contributed by atoms with Gasteiger partial charge >= 0.3 is 0 Å². The Morgan fingerprint density at radius 3 is 2.58 bits per heavy atom. The molecule has 0 unspecified atom stereocenters. The Morgan fingerprint density at radius 2 is 1.81 bits per heavy atom. The van der Waals surface area contributed by atoms with Gasteiger partial charge in [-0.05, 0) is 61.7 Å². The molecule has 0 saturated carbocycles. The Labute approximate surface area is 208 Å². The van der Waals surface area contributed by atoms with Crippen LogP contribution >= 0.6 is 0 Å². The number of carbonyl (C=O) groups excluding carboxylic acids is 2. The molecule has 5 rings (SSSR count). The molecule has 36 heavy (non-hydrogen) atoms. The number of nitriles is 1. The zero-order valence-electron chi connectivity index (χ0n) is 19.8. The Bertz CT molecular complexity index is 1480. The number of amides is 2. The lowest BCUT2D eigenvalue weighted by molar-refractivity contribution is -0.120. The van der Waals surface area contributed by atoms with Gasteiger partial charge in [-0.3, -0.25) is 9.59 Å². The molecular formula is C27H25N7O2. The fraction of sp³-hybridized carbons (Fsp3) is 0.222. The van der Waals surface area contributed by atoms with E-state index >= 15 is 0 Å². The van der Waals surface area contributed by atoms with Gasteiger partial charge in [-0.15, -0.1) is 0 Å². The number of hydrogen-bond donors (Lipinski definition) is 3. The largest absolute Gasteiger partial charge is 0.356 e. The van der Waals surface area contributed by atoms with E-state index in [9.17, 15) is 9.59 Å². The SMILES string of the molecule is Cc1c[nH]c2ncnc(N3CCC(C(=O)Nc4cccc(C(=O)Nc5cccc(C#N)c5)c4)CC3)c12. The van der Waals surface area contributed by atoms with Crippen LogP contribution in [0.5, 0.6) is 0 Å². The number of aromatic nitrogens is 3. The van der Waals surface area contributed by atoms with Gasteiger partial charge in [0, 0.05) is 42.1 Å². The molecule has 0 atom stereocenters. The van der Waals surface area contributed by atoms with E-state index in [1.54, 1.807) is 54.9 Å². The number of nitrogens with zero attached hydrogens (tertiary/aromatic N) is 4. The third-order valence-corrected chi connectivity index (χ3v) is 6.45. The van der Waals surface area contributed by atoms with E-state index in [-0.39, 0.29) is 17.7 Å². The zero-order chi connectivity index (χ0) is 25.1. The van der Waals surface area contributed by atoms with Gasteiger partial charge in [0.2, 0.25) is 5.91 Å². The van der Waals surface area contributed by atoms with E-state index in [4.69, 9.17) is 5.26 Å². The van der Waals surface area contributed by atoms with Crippen LogP contribution in [0, 0.1) is 24.2 Å². The molecule has 9 nitrogen and oxygen atoms in total. The Balaban J connectivity index is 1.21. The minimum atomic E-state index is -0.314. The van der Waals surface area contributed by atoms with Crippen LogP contribution < -0.4 is 15.5 Å². The monoisotopic (exact) mass is 479 g/mol. The number of aryl methyl sites for hydroxylation is 1. The molecule has 1 saturated heterocycles. The first kappa shape index (κ1) is 23.1. The van der Waals surface area contributed by atoms with Crippen LogP contribution in [0.25, 0.3) is 11.0 Å². The predicted molar refractivity (Wildman–Crippen MR) is 138 cm³/mol. The fourth-order valence-corrected chi connectivity index (χ4v) is 4.54. The summed E-state index contributed by atoms with van der Waals surface area (Å²) in [5.74, 6) is 0.402. The lowest BCUT2D eigenvalue weighted by Crippen LogP contribution is -2.38. The van der Waals surface area contributed by atoms with Crippen molar-refractivity contribution in [3.8, 4) is 6.07 Å². The van der Waals surface area contributed by atoms with E-state index < -0.39 is 0 Å². The smallest absolute Gasteiger partial charge is 0.255 e. The first-order valence-corrected chi connectivity index (χ1v) is 11.8. The van der Waals surface area contributed by atoms with E-state index in [1.807, 2.05) is 13.1 Å². The van der Waals surface area contributed by atoms with Crippen molar-refractivity contribution in [2.24, 2.45) is 5.92 Å². The molecule has 0 spiro atoms. The molecule has 9 heteroatoms. The maximum absolute atomic E-state index is 13.0. The molecule has 4 aromatic rings. The number of benzene rings is 2. The van der Waals surface area contributed by atoms with Crippen molar-refractivity contribution < 1.29 is 9.59 Å². The molecule has 180 valence electrons.